The van der Waals surface area contributed by atoms with Gasteiger partial charge in [-0.25, -0.2) is 14.2 Å². The molecule has 0 aliphatic carbocycles. The smallest absolute Gasteiger partial charge is 0.338 e. The Bertz CT molecular complexity index is 1920. The van der Waals surface area contributed by atoms with E-state index in [9.17, 15) is 14.0 Å². The molecule has 1 aliphatic heterocycles. The summed E-state index contributed by atoms with van der Waals surface area (Å²) < 4.78 is 32.8. The van der Waals surface area contributed by atoms with Crippen LogP contribution < -0.4 is 24.4 Å². The predicted molar refractivity (Wildman–Crippen MR) is 160 cm³/mol. The summed E-state index contributed by atoms with van der Waals surface area (Å²) in [6, 6.07) is 19.5. The van der Waals surface area contributed by atoms with Gasteiger partial charge in [-0.15, -0.1) is 0 Å². The van der Waals surface area contributed by atoms with Crippen molar-refractivity contribution in [1.82, 2.24) is 4.57 Å². The van der Waals surface area contributed by atoms with Gasteiger partial charge in [0.1, 0.15) is 12.4 Å². The number of esters is 1. The van der Waals surface area contributed by atoms with Crippen molar-refractivity contribution >= 4 is 23.4 Å². The highest BCUT2D eigenvalue weighted by Crippen LogP contribution is 2.32. The second-order valence-electron chi connectivity index (χ2n) is 9.59. The number of thiazole rings is 1. The summed E-state index contributed by atoms with van der Waals surface area (Å²) >= 11 is 1.20. The molecule has 10 heteroatoms. The SMILES string of the molecule is CCOC(=O)C1=C(C)N=c2s/c(=C\c3ccc(OCc4ccc(C#N)cc4)c(OCC)c3)c(=O)n2[C@@H]1c1ccc(F)cc1. The number of halogens is 1. The summed E-state index contributed by atoms with van der Waals surface area (Å²) in [5, 5.41) is 9.01. The van der Waals surface area contributed by atoms with Crippen LogP contribution in [0, 0.1) is 17.1 Å². The third-order valence-corrected chi connectivity index (χ3v) is 7.73. The second-order valence-corrected chi connectivity index (χ2v) is 10.6. The van der Waals surface area contributed by atoms with Crippen molar-refractivity contribution < 1.29 is 23.4 Å². The van der Waals surface area contributed by atoms with Gasteiger partial charge >= 0.3 is 5.97 Å². The van der Waals surface area contributed by atoms with Crippen molar-refractivity contribution in [1.29, 1.82) is 5.26 Å². The zero-order valence-electron chi connectivity index (χ0n) is 23.8. The van der Waals surface area contributed by atoms with Crippen molar-refractivity contribution in [2.75, 3.05) is 13.2 Å². The fourth-order valence-electron chi connectivity index (χ4n) is 4.74. The van der Waals surface area contributed by atoms with Crippen LogP contribution in [0.5, 0.6) is 11.5 Å². The molecule has 2 heterocycles. The largest absolute Gasteiger partial charge is 0.490 e. The van der Waals surface area contributed by atoms with Crippen LogP contribution >= 0.6 is 11.3 Å². The molecule has 0 N–H and O–H groups in total. The molecule has 1 aliphatic rings. The van der Waals surface area contributed by atoms with Gasteiger partial charge in [-0.1, -0.05) is 41.7 Å². The van der Waals surface area contributed by atoms with E-state index in [1.807, 2.05) is 25.1 Å². The Morgan fingerprint density at radius 3 is 2.47 bits per heavy atom. The number of nitrogens with zero attached hydrogens (tertiary/aromatic N) is 3. The number of carbonyl (C=O) groups is 1. The lowest BCUT2D eigenvalue weighted by atomic mass is 9.96. The summed E-state index contributed by atoms with van der Waals surface area (Å²) in [4.78, 5) is 31.8. The predicted octanol–water partition coefficient (Wildman–Crippen LogP) is 4.79. The van der Waals surface area contributed by atoms with Crippen molar-refractivity contribution in [2.45, 2.75) is 33.4 Å². The molecule has 0 bridgehead atoms. The number of allylic oxidation sites excluding steroid dienone is 1. The summed E-state index contributed by atoms with van der Waals surface area (Å²) in [6.45, 7) is 6.13. The van der Waals surface area contributed by atoms with E-state index < -0.39 is 17.8 Å². The van der Waals surface area contributed by atoms with Gasteiger partial charge in [0.15, 0.2) is 16.3 Å². The molecule has 0 amide bonds. The molecule has 4 aromatic rings. The van der Waals surface area contributed by atoms with Crippen LogP contribution in [0.4, 0.5) is 4.39 Å². The highest BCUT2D eigenvalue weighted by atomic mass is 32.1. The highest BCUT2D eigenvalue weighted by Gasteiger charge is 2.33. The van der Waals surface area contributed by atoms with E-state index >= 15 is 0 Å². The first-order chi connectivity index (χ1) is 20.8. The van der Waals surface area contributed by atoms with Gasteiger partial charge in [0.25, 0.3) is 5.56 Å². The third kappa shape index (κ3) is 6.27. The number of aromatic nitrogens is 1. The first-order valence-electron chi connectivity index (χ1n) is 13.7. The van der Waals surface area contributed by atoms with Gasteiger partial charge in [0.2, 0.25) is 0 Å². The number of ether oxygens (including phenoxy) is 3. The van der Waals surface area contributed by atoms with Gasteiger partial charge in [0, 0.05) is 0 Å². The third-order valence-electron chi connectivity index (χ3n) is 6.75. The van der Waals surface area contributed by atoms with Gasteiger partial charge < -0.3 is 14.2 Å². The van der Waals surface area contributed by atoms with E-state index in [0.717, 1.165) is 5.56 Å². The van der Waals surface area contributed by atoms with E-state index in [4.69, 9.17) is 19.5 Å². The van der Waals surface area contributed by atoms with Crippen molar-refractivity contribution in [2.24, 2.45) is 4.99 Å². The minimum absolute atomic E-state index is 0.158. The molecule has 1 aromatic heterocycles. The highest BCUT2D eigenvalue weighted by molar-refractivity contribution is 7.07. The number of fused-ring (bicyclic) bond motifs is 1. The molecule has 0 unspecified atom stereocenters. The number of hydrogen-bond donors (Lipinski definition) is 0. The maximum atomic E-state index is 13.8. The van der Waals surface area contributed by atoms with Crippen molar-refractivity contribution in [3.05, 3.63) is 126 Å². The van der Waals surface area contributed by atoms with Crippen LogP contribution in [0.15, 0.2) is 87.8 Å². The fourth-order valence-corrected chi connectivity index (χ4v) is 5.79. The molecule has 218 valence electrons. The van der Waals surface area contributed by atoms with Gasteiger partial charge in [-0.2, -0.15) is 5.26 Å². The molecular formula is C33H28FN3O5S. The van der Waals surface area contributed by atoms with Crippen LogP contribution in [-0.2, 0) is 16.1 Å². The molecule has 43 heavy (non-hydrogen) atoms. The topological polar surface area (TPSA) is 103 Å². The Balaban J connectivity index is 1.53. The number of benzene rings is 3. The molecule has 0 radical (unpaired) electrons. The summed E-state index contributed by atoms with van der Waals surface area (Å²) in [5.74, 6) is 0.0485. The molecular weight excluding hydrogens is 569 g/mol. The molecule has 1 atom stereocenters. The van der Waals surface area contributed by atoms with Crippen LogP contribution in [0.2, 0.25) is 0 Å². The Morgan fingerprint density at radius 2 is 1.79 bits per heavy atom. The minimum atomic E-state index is -0.824. The standard InChI is InChI=1S/C33H28FN3O5S/c1-4-40-27-16-23(10-15-26(27)42-19-22-8-6-21(18-35)7-9-22)17-28-31(38)37-30(24-11-13-25(34)14-12-24)29(32(39)41-5-2)20(3)36-33(37)43-28/h6-17,30H,4-5,19H2,1-3H3/b28-17-/t30-/m1/s1. The fraction of sp³-hybridized carbons (Fsp3) is 0.212. The maximum absolute atomic E-state index is 13.8. The summed E-state index contributed by atoms with van der Waals surface area (Å²) in [6.07, 6.45) is 1.74. The van der Waals surface area contributed by atoms with Crippen LogP contribution in [-0.4, -0.2) is 23.8 Å². The molecule has 8 nitrogen and oxygen atoms in total. The molecule has 0 saturated carbocycles. The van der Waals surface area contributed by atoms with Gasteiger partial charge in [-0.05, 0) is 79.9 Å². The Labute approximate surface area is 251 Å². The van der Waals surface area contributed by atoms with Gasteiger partial charge in [0.05, 0.1) is 46.7 Å². The first kappa shape index (κ1) is 29.5. The van der Waals surface area contributed by atoms with Crippen LogP contribution in [0.25, 0.3) is 6.08 Å². The average Bonchev–Trinajstić information content (AvgIpc) is 3.30. The van der Waals surface area contributed by atoms with Crippen LogP contribution in [0.1, 0.15) is 49.1 Å². The molecule has 0 saturated heterocycles. The zero-order valence-corrected chi connectivity index (χ0v) is 24.6. The number of rotatable bonds is 9. The summed E-state index contributed by atoms with van der Waals surface area (Å²) in [7, 11) is 0. The lowest BCUT2D eigenvalue weighted by molar-refractivity contribution is -0.139. The average molecular weight is 598 g/mol. The second kappa shape index (κ2) is 12.9. The molecule has 0 fully saturated rings. The number of hydrogen-bond acceptors (Lipinski definition) is 8. The molecule has 5 rings (SSSR count). The minimum Gasteiger partial charge on any atom is -0.490 e. The Morgan fingerprint density at radius 1 is 1.05 bits per heavy atom. The first-order valence-corrected chi connectivity index (χ1v) is 14.5. The Kier molecular flexibility index (Phi) is 8.83. The maximum Gasteiger partial charge on any atom is 0.338 e. The molecule has 3 aromatic carbocycles. The van der Waals surface area contributed by atoms with Crippen LogP contribution in [0.3, 0.4) is 0 Å². The van der Waals surface area contributed by atoms with E-state index in [2.05, 4.69) is 11.1 Å². The monoisotopic (exact) mass is 597 g/mol. The van der Waals surface area contributed by atoms with Crippen molar-refractivity contribution in [3.8, 4) is 17.6 Å². The molecule has 0 spiro atoms. The van der Waals surface area contributed by atoms with E-state index in [0.29, 0.717) is 49.8 Å². The number of nitriles is 1. The normalized spacial score (nSPS) is 14.5. The Hall–Kier alpha value is -5.01. The zero-order chi connectivity index (χ0) is 30.5. The van der Waals surface area contributed by atoms with Crippen molar-refractivity contribution in [3.63, 3.8) is 0 Å². The number of carbonyl (C=O) groups excluding carboxylic acids is 1. The lowest BCUT2D eigenvalue weighted by Crippen LogP contribution is -2.39. The van der Waals surface area contributed by atoms with E-state index in [-0.39, 0.29) is 24.3 Å². The van der Waals surface area contributed by atoms with Gasteiger partial charge in [-0.3, -0.25) is 9.36 Å². The lowest BCUT2D eigenvalue weighted by Gasteiger charge is -2.24. The van der Waals surface area contributed by atoms with E-state index in [1.165, 1.54) is 28.0 Å². The quantitative estimate of drug-likeness (QED) is 0.257. The summed E-state index contributed by atoms with van der Waals surface area (Å²) in [5.41, 5.74) is 3.07. The van der Waals surface area contributed by atoms with E-state index in [1.54, 1.807) is 56.3 Å².